The first-order valence-corrected chi connectivity index (χ1v) is 14.6. The van der Waals surface area contributed by atoms with Gasteiger partial charge >= 0.3 is 12.1 Å². The molecule has 2 rings (SSSR count). The fraction of sp³-hybridized carbons (Fsp3) is 0.500. The Labute approximate surface area is 226 Å². The molecule has 2 aromatic carbocycles. The molecule has 9 nitrogen and oxygen atoms in total. The van der Waals surface area contributed by atoms with Gasteiger partial charge < -0.3 is 14.4 Å². The molecule has 0 unspecified atom stereocenters. The Kier molecular flexibility index (Phi) is 13.8. The molecule has 210 valence electrons. The van der Waals surface area contributed by atoms with Crippen molar-refractivity contribution < 1.29 is 27.5 Å². The van der Waals surface area contributed by atoms with E-state index >= 15 is 0 Å². The number of nitrogens with zero attached hydrogens (tertiary/aromatic N) is 1. The van der Waals surface area contributed by atoms with E-state index in [-0.39, 0.29) is 17.9 Å². The summed E-state index contributed by atoms with van der Waals surface area (Å²) in [5.41, 5.74) is 1.27. The van der Waals surface area contributed by atoms with Crippen molar-refractivity contribution in [3.63, 3.8) is 0 Å². The van der Waals surface area contributed by atoms with Crippen LogP contribution in [0.4, 0.5) is 10.5 Å². The minimum absolute atomic E-state index is 0.0184. The lowest BCUT2D eigenvalue weighted by atomic mass is 10.1. The monoisotopic (exact) mass is 547 g/mol. The molecule has 0 saturated carbocycles. The summed E-state index contributed by atoms with van der Waals surface area (Å²) in [6, 6.07) is 14.4. The number of carbonyl (C=O) groups excluding carboxylic acids is 2. The van der Waals surface area contributed by atoms with Crippen LogP contribution in [-0.4, -0.2) is 58.7 Å². The van der Waals surface area contributed by atoms with Crippen molar-refractivity contribution in [1.82, 2.24) is 9.62 Å². The van der Waals surface area contributed by atoms with E-state index in [1.165, 1.54) is 43.5 Å². The number of hydrogen-bond donors (Lipinski definition) is 2. The highest BCUT2D eigenvalue weighted by Gasteiger charge is 2.24. The lowest BCUT2D eigenvalue weighted by molar-refractivity contribution is -0.145. The molecule has 2 aromatic rings. The van der Waals surface area contributed by atoms with Gasteiger partial charge in [0.15, 0.2) is 0 Å². The summed E-state index contributed by atoms with van der Waals surface area (Å²) in [5, 5.41) is 2.61. The zero-order chi connectivity index (χ0) is 27.8. The van der Waals surface area contributed by atoms with Crippen LogP contribution in [0, 0.1) is 0 Å². The molecule has 2 N–H and O–H groups in total. The molecule has 1 atom stereocenters. The Morgan fingerprint density at radius 2 is 1.55 bits per heavy atom. The van der Waals surface area contributed by atoms with Crippen LogP contribution in [0.15, 0.2) is 59.5 Å². The number of unbranched alkanes of at least 4 members (excludes halogenated alkanes) is 5. The zero-order valence-corrected chi connectivity index (χ0v) is 23.5. The third-order valence-electron chi connectivity index (χ3n) is 5.71. The second-order valence-corrected chi connectivity index (χ2v) is 11.2. The Morgan fingerprint density at radius 3 is 2.21 bits per heavy atom. The standard InChI is InChI=1S/C28H41N3O6S/c1-4-5-6-7-8-12-19-36-28(33)29-24-15-17-26(18-16-24)38(34,35)30-25(21-31(2)3)20-27(32)37-22-23-13-10-9-11-14-23/h9-11,13-18,25,30H,4-8,12,19-22H2,1-3H3,(H,29,33)/t25-/m1/s1. The number of hydrogen-bond acceptors (Lipinski definition) is 7. The smallest absolute Gasteiger partial charge is 0.411 e. The first-order valence-electron chi connectivity index (χ1n) is 13.1. The van der Waals surface area contributed by atoms with Crippen molar-refractivity contribution in [2.45, 2.75) is 69.4 Å². The van der Waals surface area contributed by atoms with Crippen molar-refractivity contribution in [2.24, 2.45) is 0 Å². The first-order chi connectivity index (χ1) is 18.2. The van der Waals surface area contributed by atoms with Crippen molar-refractivity contribution in [3.8, 4) is 0 Å². The Morgan fingerprint density at radius 1 is 0.895 bits per heavy atom. The van der Waals surface area contributed by atoms with Crippen LogP contribution in [0.3, 0.4) is 0 Å². The summed E-state index contributed by atoms with van der Waals surface area (Å²) in [5.74, 6) is -0.498. The van der Waals surface area contributed by atoms with Gasteiger partial charge in [0, 0.05) is 18.3 Å². The number of amides is 1. The highest BCUT2D eigenvalue weighted by atomic mass is 32.2. The summed E-state index contributed by atoms with van der Waals surface area (Å²) in [6.45, 7) is 2.94. The lowest BCUT2D eigenvalue weighted by Crippen LogP contribution is -2.43. The van der Waals surface area contributed by atoms with E-state index < -0.39 is 28.1 Å². The molecule has 38 heavy (non-hydrogen) atoms. The summed E-state index contributed by atoms with van der Waals surface area (Å²) in [7, 11) is -0.330. The molecule has 10 heteroatoms. The van der Waals surface area contributed by atoms with Crippen LogP contribution < -0.4 is 10.0 Å². The first kappa shape index (κ1) is 31.3. The maximum Gasteiger partial charge on any atom is 0.411 e. The predicted octanol–water partition coefficient (Wildman–Crippen LogP) is 4.94. The number of rotatable bonds is 17. The van der Waals surface area contributed by atoms with Crippen LogP contribution >= 0.6 is 0 Å². The molecule has 0 saturated heterocycles. The van der Waals surface area contributed by atoms with Gasteiger partial charge in [-0.05, 0) is 50.3 Å². The third-order valence-corrected chi connectivity index (χ3v) is 7.24. The summed E-state index contributed by atoms with van der Waals surface area (Å²) in [6.07, 6.45) is 5.88. The van der Waals surface area contributed by atoms with Gasteiger partial charge in [0.05, 0.1) is 17.9 Å². The van der Waals surface area contributed by atoms with Gasteiger partial charge in [-0.2, -0.15) is 0 Å². The van der Waals surface area contributed by atoms with Crippen molar-refractivity contribution in [3.05, 3.63) is 60.2 Å². The number of esters is 1. The highest BCUT2D eigenvalue weighted by Crippen LogP contribution is 2.16. The number of likely N-dealkylation sites (N-methyl/N-ethyl adjacent to an activating group) is 1. The normalized spacial score (nSPS) is 12.2. The molecule has 0 fully saturated rings. The maximum atomic E-state index is 13.0. The minimum Gasteiger partial charge on any atom is -0.461 e. The second-order valence-electron chi connectivity index (χ2n) is 9.48. The fourth-order valence-electron chi connectivity index (χ4n) is 3.79. The van der Waals surface area contributed by atoms with Gasteiger partial charge in [-0.25, -0.2) is 17.9 Å². The van der Waals surface area contributed by atoms with Crippen LogP contribution in [0.2, 0.25) is 0 Å². The van der Waals surface area contributed by atoms with Gasteiger partial charge in [-0.1, -0.05) is 69.4 Å². The molecule has 0 aliphatic heterocycles. The number of anilines is 1. The lowest BCUT2D eigenvalue weighted by Gasteiger charge is -2.21. The van der Waals surface area contributed by atoms with E-state index in [0.717, 1.165) is 24.8 Å². The zero-order valence-electron chi connectivity index (χ0n) is 22.6. The molecular weight excluding hydrogens is 506 g/mol. The van der Waals surface area contributed by atoms with E-state index in [1.54, 1.807) is 19.0 Å². The number of carbonyl (C=O) groups is 2. The van der Waals surface area contributed by atoms with Gasteiger partial charge in [-0.15, -0.1) is 0 Å². The Bertz CT molecular complexity index is 1080. The van der Waals surface area contributed by atoms with Crippen molar-refractivity contribution in [1.29, 1.82) is 0 Å². The number of nitrogens with one attached hydrogen (secondary N) is 2. The molecule has 0 heterocycles. The fourth-order valence-corrected chi connectivity index (χ4v) is 5.02. The average molecular weight is 548 g/mol. The largest absolute Gasteiger partial charge is 0.461 e. The molecule has 0 spiro atoms. The second kappa shape index (κ2) is 16.8. The molecule has 0 aliphatic rings. The van der Waals surface area contributed by atoms with Gasteiger partial charge in [0.1, 0.15) is 6.61 Å². The summed E-state index contributed by atoms with van der Waals surface area (Å²) >= 11 is 0. The predicted molar refractivity (Wildman–Crippen MR) is 148 cm³/mol. The number of ether oxygens (including phenoxy) is 2. The van der Waals surface area contributed by atoms with Crippen LogP contribution in [0.5, 0.6) is 0 Å². The van der Waals surface area contributed by atoms with Crippen molar-refractivity contribution >= 4 is 27.8 Å². The van der Waals surface area contributed by atoms with E-state index in [4.69, 9.17) is 9.47 Å². The Hall–Kier alpha value is -2.95. The maximum absolute atomic E-state index is 13.0. The molecule has 0 radical (unpaired) electrons. The van der Waals surface area contributed by atoms with E-state index in [0.29, 0.717) is 18.8 Å². The number of sulfonamides is 1. The summed E-state index contributed by atoms with van der Waals surface area (Å²) < 4.78 is 39.1. The van der Waals surface area contributed by atoms with E-state index in [9.17, 15) is 18.0 Å². The SMILES string of the molecule is CCCCCCCCOC(=O)Nc1ccc(S(=O)(=O)N[C@H](CC(=O)OCc2ccccc2)CN(C)C)cc1. The molecule has 0 aliphatic carbocycles. The van der Waals surface area contributed by atoms with Gasteiger partial charge in [-0.3, -0.25) is 10.1 Å². The third kappa shape index (κ3) is 12.5. The van der Waals surface area contributed by atoms with Gasteiger partial charge in [0.25, 0.3) is 0 Å². The van der Waals surface area contributed by atoms with E-state index in [2.05, 4.69) is 17.0 Å². The van der Waals surface area contributed by atoms with Gasteiger partial charge in [0.2, 0.25) is 10.0 Å². The topological polar surface area (TPSA) is 114 Å². The molecular formula is C28H41N3O6S. The molecule has 0 aromatic heterocycles. The van der Waals surface area contributed by atoms with Crippen LogP contribution in [0.25, 0.3) is 0 Å². The van der Waals surface area contributed by atoms with Crippen molar-refractivity contribution in [2.75, 3.05) is 32.6 Å². The van der Waals surface area contributed by atoms with Crippen LogP contribution in [-0.2, 0) is 30.9 Å². The quantitative estimate of drug-likeness (QED) is 0.213. The minimum atomic E-state index is -3.92. The summed E-state index contributed by atoms with van der Waals surface area (Å²) in [4.78, 5) is 26.2. The highest BCUT2D eigenvalue weighted by molar-refractivity contribution is 7.89. The van der Waals surface area contributed by atoms with Crippen LogP contribution in [0.1, 0.15) is 57.4 Å². The molecule has 0 bridgehead atoms. The molecule has 1 amide bonds. The Balaban J connectivity index is 1.86. The number of benzene rings is 2. The van der Waals surface area contributed by atoms with E-state index in [1.807, 2.05) is 30.3 Å². The average Bonchev–Trinajstić information content (AvgIpc) is 2.87.